The van der Waals surface area contributed by atoms with Gasteiger partial charge in [0, 0.05) is 38.6 Å². The van der Waals surface area contributed by atoms with E-state index in [0.29, 0.717) is 5.91 Å². The number of rotatable bonds is 4. The van der Waals surface area contributed by atoms with Gasteiger partial charge in [0.2, 0.25) is 5.91 Å². The Morgan fingerprint density at radius 1 is 0.920 bits per heavy atom. The first-order valence-electron chi connectivity index (χ1n) is 10.1. The van der Waals surface area contributed by atoms with Crippen LogP contribution >= 0.6 is 0 Å². The van der Waals surface area contributed by atoms with Crippen LogP contribution < -0.4 is 0 Å². The molecule has 2 saturated heterocycles. The third-order valence-electron chi connectivity index (χ3n) is 6.18. The van der Waals surface area contributed by atoms with Crippen LogP contribution in [0.25, 0.3) is 6.08 Å². The van der Waals surface area contributed by atoms with Crippen LogP contribution in [-0.4, -0.2) is 41.4 Å². The van der Waals surface area contributed by atoms with E-state index in [1.807, 2.05) is 4.90 Å². The predicted molar refractivity (Wildman–Crippen MR) is 102 cm³/mol. The van der Waals surface area contributed by atoms with Crippen molar-refractivity contribution in [3.63, 3.8) is 0 Å². The highest BCUT2D eigenvalue weighted by Gasteiger charge is 2.26. The maximum atomic E-state index is 11.9. The zero-order chi connectivity index (χ0) is 17.1. The highest BCUT2D eigenvalue weighted by atomic mass is 16.2. The van der Waals surface area contributed by atoms with Crippen LogP contribution in [-0.2, 0) is 11.3 Å². The smallest absolute Gasteiger partial charge is 0.222 e. The van der Waals surface area contributed by atoms with E-state index in [1.54, 1.807) is 5.57 Å². The van der Waals surface area contributed by atoms with E-state index in [-0.39, 0.29) is 0 Å². The van der Waals surface area contributed by atoms with Gasteiger partial charge in [0.25, 0.3) is 0 Å². The number of nitrogens with zero attached hydrogens (tertiary/aromatic N) is 2. The van der Waals surface area contributed by atoms with Gasteiger partial charge in [-0.05, 0) is 49.7 Å². The Morgan fingerprint density at radius 3 is 2.32 bits per heavy atom. The minimum absolute atomic E-state index is 0.315. The molecule has 3 nitrogen and oxygen atoms in total. The highest BCUT2D eigenvalue weighted by Crippen LogP contribution is 2.29. The first-order valence-corrected chi connectivity index (χ1v) is 10.1. The van der Waals surface area contributed by atoms with E-state index in [0.717, 1.165) is 38.4 Å². The van der Waals surface area contributed by atoms with Gasteiger partial charge in [0.15, 0.2) is 0 Å². The van der Waals surface area contributed by atoms with Gasteiger partial charge in [-0.25, -0.2) is 0 Å². The molecule has 0 atom stereocenters. The van der Waals surface area contributed by atoms with Gasteiger partial charge in [0.05, 0.1) is 0 Å². The molecule has 134 valence electrons. The maximum absolute atomic E-state index is 11.9. The lowest BCUT2D eigenvalue weighted by molar-refractivity contribution is -0.133. The molecular formula is C22H30N2O. The van der Waals surface area contributed by atoms with Gasteiger partial charge in [0.1, 0.15) is 0 Å². The van der Waals surface area contributed by atoms with Crippen LogP contribution in [0.3, 0.4) is 0 Å². The average Bonchev–Trinajstić information content (AvgIpc) is 2.59. The van der Waals surface area contributed by atoms with Crippen molar-refractivity contribution in [3.8, 4) is 0 Å². The van der Waals surface area contributed by atoms with Crippen molar-refractivity contribution in [2.45, 2.75) is 64.0 Å². The van der Waals surface area contributed by atoms with E-state index in [2.05, 4.69) is 35.2 Å². The molecule has 0 unspecified atom stereocenters. The van der Waals surface area contributed by atoms with Crippen molar-refractivity contribution in [1.82, 2.24) is 9.80 Å². The molecule has 3 heteroatoms. The van der Waals surface area contributed by atoms with Crippen molar-refractivity contribution >= 4 is 12.0 Å². The Morgan fingerprint density at radius 2 is 1.68 bits per heavy atom. The lowest BCUT2D eigenvalue weighted by Crippen LogP contribution is -2.43. The highest BCUT2D eigenvalue weighted by molar-refractivity contribution is 5.76. The van der Waals surface area contributed by atoms with Crippen molar-refractivity contribution in [3.05, 3.63) is 41.0 Å². The molecule has 4 rings (SSSR count). The summed E-state index contributed by atoms with van der Waals surface area (Å²) in [5.74, 6) is 0.315. The molecule has 25 heavy (non-hydrogen) atoms. The number of hydrogen-bond acceptors (Lipinski definition) is 2. The summed E-state index contributed by atoms with van der Waals surface area (Å²) in [6.07, 6.45) is 12.0. The summed E-state index contributed by atoms with van der Waals surface area (Å²) < 4.78 is 0. The van der Waals surface area contributed by atoms with Gasteiger partial charge in [-0.1, -0.05) is 42.3 Å². The minimum Gasteiger partial charge on any atom is -0.338 e. The molecule has 2 heterocycles. The molecule has 0 N–H and O–H groups in total. The van der Waals surface area contributed by atoms with Gasteiger partial charge >= 0.3 is 0 Å². The largest absolute Gasteiger partial charge is 0.338 e. The van der Waals surface area contributed by atoms with Crippen LogP contribution in [0.15, 0.2) is 29.8 Å². The van der Waals surface area contributed by atoms with Crippen LogP contribution in [0.4, 0.5) is 0 Å². The molecule has 3 aliphatic rings. The van der Waals surface area contributed by atoms with Gasteiger partial charge in [-0.2, -0.15) is 0 Å². The van der Waals surface area contributed by atoms with E-state index in [9.17, 15) is 4.79 Å². The van der Waals surface area contributed by atoms with E-state index in [1.165, 1.54) is 56.3 Å². The molecular weight excluding hydrogens is 308 g/mol. The molecule has 0 radical (unpaired) electrons. The molecule has 1 saturated carbocycles. The molecule has 2 aliphatic heterocycles. The fourth-order valence-electron chi connectivity index (χ4n) is 4.28. The first-order chi connectivity index (χ1) is 12.3. The standard InChI is InChI=1S/C22H30N2O/c25-22-6-1-2-13-24(22)17-20-9-7-18(8-10-20)16-19-11-14-23(15-12-19)21-4-3-5-21/h7-10,16,21H,1-6,11-15,17H2. The average molecular weight is 338 g/mol. The maximum Gasteiger partial charge on any atom is 0.222 e. The fourth-order valence-corrected chi connectivity index (χ4v) is 4.28. The third-order valence-corrected chi connectivity index (χ3v) is 6.18. The zero-order valence-corrected chi connectivity index (χ0v) is 15.3. The number of piperidine rings is 2. The summed E-state index contributed by atoms with van der Waals surface area (Å²) in [7, 11) is 0. The zero-order valence-electron chi connectivity index (χ0n) is 15.3. The molecule has 3 fully saturated rings. The lowest BCUT2D eigenvalue weighted by Gasteiger charge is -2.40. The fraction of sp³-hybridized carbons (Fsp3) is 0.591. The Kier molecular flexibility index (Phi) is 5.21. The van der Waals surface area contributed by atoms with Crippen LogP contribution in [0.1, 0.15) is 62.5 Å². The summed E-state index contributed by atoms with van der Waals surface area (Å²) in [6, 6.07) is 9.71. The predicted octanol–water partition coefficient (Wildman–Crippen LogP) is 4.23. The number of hydrogen-bond donors (Lipinski definition) is 0. The Bertz CT molecular complexity index is 620. The van der Waals surface area contributed by atoms with Crippen molar-refractivity contribution < 1.29 is 4.79 Å². The quantitative estimate of drug-likeness (QED) is 0.820. The van der Waals surface area contributed by atoms with Gasteiger partial charge < -0.3 is 4.90 Å². The SMILES string of the molecule is O=C1CCCCN1Cc1ccc(C=C2CCN(C3CCC3)CC2)cc1. The second-order valence-corrected chi connectivity index (χ2v) is 7.94. The second kappa shape index (κ2) is 7.74. The summed E-state index contributed by atoms with van der Waals surface area (Å²) in [4.78, 5) is 16.6. The summed E-state index contributed by atoms with van der Waals surface area (Å²) in [6.45, 7) is 4.17. The van der Waals surface area contributed by atoms with E-state index >= 15 is 0 Å². The molecule has 1 aromatic carbocycles. The minimum atomic E-state index is 0.315. The van der Waals surface area contributed by atoms with Gasteiger partial charge in [-0.15, -0.1) is 0 Å². The molecule has 0 aromatic heterocycles. The lowest BCUT2D eigenvalue weighted by atomic mass is 9.89. The van der Waals surface area contributed by atoms with E-state index < -0.39 is 0 Å². The van der Waals surface area contributed by atoms with Crippen molar-refractivity contribution in [2.24, 2.45) is 0 Å². The van der Waals surface area contributed by atoms with Crippen molar-refractivity contribution in [1.29, 1.82) is 0 Å². The summed E-state index contributed by atoms with van der Waals surface area (Å²) in [5, 5.41) is 0. The Labute approximate surface area is 151 Å². The normalized spacial score (nSPS) is 22.8. The van der Waals surface area contributed by atoms with Crippen molar-refractivity contribution in [2.75, 3.05) is 19.6 Å². The summed E-state index contributed by atoms with van der Waals surface area (Å²) >= 11 is 0. The molecule has 1 aliphatic carbocycles. The number of amides is 1. The number of carbonyl (C=O) groups excluding carboxylic acids is 1. The third kappa shape index (κ3) is 4.14. The molecule has 0 bridgehead atoms. The number of carbonyl (C=O) groups is 1. The number of likely N-dealkylation sites (tertiary alicyclic amines) is 2. The number of benzene rings is 1. The summed E-state index contributed by atoms with van der Waals surface area (Å²) in [5.41, 5.74) is 4.15. The topological polar surface area (TPSA) is 23.6 Å². The van der Waals surface area contributed by atoms with Crippen LogP contribution in [0.5, 0.6) is 0 Å². The second-order valence-electron chi connectivity index (χ2n) is 7.94. The monoisotopic (exact) mass is 338 g/mol. The Hall–Kier alpha value is -1.61. The Balaban J connectivity index is 1.32. The molecule has 1 aromatic rings. The molecule has 1 amide bonds. The first kappa shape index (κ1) is 16.8. The van der Waals surface area contributed by atoms with E-state index in [4.69, 9.17) is 0 Å². The van der Waals surface area contributed by atoms with Crippen LogP contribution in [0, 0.1) is 0 Å². The van der Waals surface area contributed by atoms with Gasteiger partial charge in [-0.3, -0.25) is 9.69 Å². The molecule has 0 spiro atoms. The van der Waals surface area contributed by atoms with Crippen LogP contribution in [0.2, 0.25) is 0 Å².